The third-order valence-electron chi connectivity index (χ3n) is 7.43. The van der Waals surface area contributed by atoms with Crippen LogP contribution in [0.25, 0.3) is 22.3 Å². The smallest absolute Gasteiger partial charge is 0.383 e. The van der Waals surface area contributed by atoms with Gasteiger partial charge in [-0.1, -0.05) is 39.0 Å². The normalized spacial score (nSPS) is 14.8. The van der Waals surface area contributed by atoms with Crippen molar-refractivity contribution in [2.75, 3.05) is 24.1 Å². The molecule has 1 fully saturated rings. The van der Waals surface area contributed by atoms with Gasteiger partial charge in [-0.2, -0.15) is 23.5 Å². The second kappa shape index (κ2) is 12.0. The summed E-state index contributed by atoms with van der Waals surface area (Å²) in [6, 6.07) is 12.7. The number of rotatable bonds is 5. The molecule has 0 radical (unpaired) electrons. The van der Waals surface area contributed by atoms with Crippen molar-refractivity contribution in [1.82, 2.24) is 24.6 Å². The van der Waals surface area contributed by atoms with E-state index in [9.17, 15) is 28.0 Å². The molecule has 1 aliphatic heterocycles. The van der Waals surface area contributed by atoms with Gasteiger partial charge in [0.15, 0.2) is 5.65 Å². The Balaban J connectivity index is 1.34. The van der Waals surface area contributed by atoms with Gasteiger partial charge >= 0.3 is 6.18 Å². The Labute approximate surface area is 257 Å². The minimum Gasteiger partial charge on any atom is -0.383 e. The van der Waals surface area contributed by atoms with Crippen LogP contribution < -0.4 is 11.1 Å². The number of nitrogens with two attached hydrogens (primary N) is 1. The zero-order valence-corrected chi connectivity index (χ0v) is 24.9. The topological polar surface area (TPSA) is 143 Å². The summed E-state index contributed by atoms with van der Waals surface area (Å²) in [6.45, 7) is 6.69. The Hall–Kier alpha value is -5.25. The van der Waals surface area contributed by atoms with Crippen LogP contribution in [0.15, 0.2) is 66.5 Å². The number of carbonyl (C=O) groups excluding carboxylic acids is 2. The molecule has 0 saturated carbocycles. The number of carbonyl (C=O) groups is 2. The quantitative estimate of drug-likeness (QED) is 0.207. The van der Waals surface area contributed by atoms with Crippen molar-refractivity contribution in [2.24, 2.45) is 5.41 Å². The van der Waals surface area contributed by atoms with E-state index in [0.717, 1.165) is 24.3 Å². The molecule has 0 spiro atoms. The van der Waals surface area contributed by atoms with Gasteiger partial charge in [0, 0.05) is 29.9 Å². The first-order valence-electron chi connectivity index (χ1n) is 14.2. The van der Waals surface area contributed by atoms with E-state index in [2.05, 4.69) is 15.3 Å². The largest absolute Gasteiger partial charge is 0.416 e. The molecule has 13 heteroatoms. The number of benzene rings is 2. The molecule has 0 bridgehead atoms. The molecule has 45 heavy (non-hydrogen) atoms. The molecule has 3 heterocycles. The van der Waals surface area contributed by atoms with E-state index in [0.29, 0.717) is 53.9 Å². The summed E-state index contributed by atoms with van der Waals surface area (Å²) in [5.41, 5.74) is 7.57. The third-order valence-corrected chi connectivity index (χ3v) is 7.43. The van der Waals surface area contributed by atoms with Crippen LogP contribution in [0.4, 0.5) is 24.7 Å². The van der Waals surface area contributed by atoms with Gasteiger partial charge in [0.2, 0.25) is 0 Å². The molecule has 2 aromatic carbocycles. The predicted octanol–water partition coefficient (Wildman–Crippen LogP) is 6.01. The van der Waals surface area contributed by atoms with E-state index in [4.69, 9.17) is 10.8 Å². The zero-order valence-electron chi connectivity index (χ0n) is 24.9. The minimum absolute atomic E-state index is 0.0842. The van der Waals surface area contributed by atoms with E-state index in [1.807, 2.05) is 26.8 Å². The molecular weight excluding hydrogens is 585 g/mol. The second-order valence-electron chi connectivity index (χ2n) is 11.9. The van der Waals surface area contributed by atoms with Crippen LogP contribution in [-0.2, 0) is 11.0 Å². The lowest BCUT2D eigenvalue weighted by Gasteiger charge is -2.32. The molecule has 0 unspecified atom stereocenters. The number of piperidine rings is 1. The molecule has 2 amide bonds. The standard InChI is InChI=1S/C32H31F3N8O2/c1-31(2,3)16-21(17-36)30(45)42-14-12-24(13-15-42)43-28-25(27(37)38-18-39-28)26(41-43)19-6-10-23(11-7-19)40-29(44)20-4-8-22(9-5-20)32(33,34)35/h4-11,16,18,24H,12-15H2,1-3H3,(H,40,44)(H2,37,38,39). The number of fused-ring (bicyclic) bond motifs is 1. The maximum Gasteiger partial charge on any atom is 0.416 e. The summed E-state index contributed by atoms with van der Waals surface area (Å²) in [7, 11) is 0. The summed E-state index contributed by atoms with van der Waals surface area (Å²) in [6.07, 6.45) is -0.239. The van der Waals surface area contributed by atoms with Crippen molar-refractivity contribution in [3.05, 3.63) is 77.6 Å². The number of hydrogen-bond donors (Lipinski definition) is 2. The number of allylic oxidation sites excluding steroid dienone is 1. The van der Waals surface area contributed by atoms with Crippen LogP contribution in [0.1, 0.15) is 55.6 Å². The maximum absolute atomic E-state index is 13.0. The number of nitriles is 1. The van der Waals surface area contributed by atoms with Crippen LogP contribution in [0, 0.1) is 16.7 Å². The Morgan fingerprint density at radius 3 is 2.24 bits per heavy atom. The molecule has 1 aliphatic rings. The molecule has 1 saturated heterocycles. The average molecular weight is 617 g/mol. The molecule has 5 rings (SSSR count). The maximum atomic E-state index is 13.0. The van der Waals surface area contributed by atoms with Gasteiger partial charge in [0.05, 0.1) is 17.0 Å². The average Bonchev–Trinajstić information content (AvgIpc) is 3.40. The first-order valence-corrected chi connectivity index (χ1v) is 14.2. The van der Waals surface area contributed by atoms with Gasteiger partial charge in [-0.05, 0) is 54.7 Å². The highest BCUT2D eigenvalue weighted by molar-refractivity contribution is 6.04. The van der Waals surface area contributed by atoms with Crippen molar-refractivity contribution in [3.63, 3.8) is 0 Å². The van der Waals surface area contributed by atoms with Gasteiger partial charge in [0.1, 0.15) is 29.5 Å². The Bertz CT molecular complexity index is 1810. The van der Waals surface area contributed by atoms with Crippen molar-refractivity contribution in [1.29, 1.82) is 5.26 Å². The lowest BCUT2D eigenvalue weighted by Crippen LogP contribution is -2.40. The van der Waals surface area contributed by atoms with Crippen LogP contribution >= 0.6 is 0 Å². The molecule has 3 N–H and O–H groups in total. The molecule has 0 aliphatic carbocycles. The summed E-state index contributed by atoms with van der Waals surface area (Å²) >= 11 is 0. The molecule has 4 aromatic rings. The number of nitrogens with one attached hydrogen (secondary N) is 1. The Morgan fingerprint density at radius 1 is 1.02 bits per heavy atom. The van der Waals surface area contributed by atoms with E-state index in [1.54, 1.807) is 39.9 Å². The molecule has 10 nitrogen and oxygen atoms in total. The van der Waals surface area contributed by atoms with Gasteiger partial charge in [0.25, 0.3) is 11.8 Å². The molecule has 0 atom stereocenters. The summed E-state index contributed by atoms with van der Waals surface area (Å²) in [5, 5.41) is 17.7. The fourth-order valence-electron chi connectivity index (χ4n) is 5.24. The fourth-order valence-corrected chi connectivity index (χ4v) is 5.24. The highest BCUT2D eigenvalue weighted by Crippen LogP contribution is 2.35. The highest BCUT2D eigenvalue weighted by Gasteiger charge is 2.31. The number of likely N-dealkylation sites (tertiary alicyclic amines) is 1. The first kappa shape index (κ1) is 31.2. The van der Waals surface area contributed by atoms with E-state index >= 15 is 0 Å². The zero-order chi connectivity index (χ0) is 32.5. The van der Waals surface area contributed by atoms with Crippen molar-refractivity contribution in [3.8, 4) is 17.3 Å². The monoisotopic (exact) mass is 616 g/mol. The minimum atomic E-state index is -4.49. The SMILES string of the molecule is CC(C)(C)C=C(C#N)C(=O)N1CCC(n2nc(-c3ccc(NC(=O)c4ccc(C(F)(F)F)cc4)cc3)c3c(N)ncnc32)CC1. The molecule has 2 aromatic heterocycles. The highest BCUT2D eigenvalue weighted by atomic mass is 19.4. The first-order chi connectivity index (χ1) is 21.2. The van der Waals surface area contributed by atoms with E-state index in [1.165, 1.54) is 6.33 Å². The number of anilines is 2. The predicted molar refractivity (Wildman–Crippen MR) is 163 cm³/mol. The van der Waals surface area contributed by atoms with E-state index in [-0.39, 0.29) is 34.3 Å². The Morgan fingerprint density at radius 2 is 1.67 bits per heavy atom. The van der Waals surface area contributed by atoms with Crippen molar-refractivity contribution in [2.45, 2.75) is 45.8 Å². The van der Waals surface area contributed by atoms with Gasteiger partial charge in [-0.3, -0.25) is 9.59 Å². The lowest BCUT2D eigenvalue weighted by molar-refractivity contribution is -0.137. The summed E-state index contributed by atoms with van der Waals surface area (Å²) in [4.78, 5) is 36.0. The van der Waals surface area contributed by atoms with Gasteiger partial charge in [-0.15, -0.1) is 0 Å². The van der Waals surface area contributed by atoms with Crippen LogP contribution in [0.3, 0.4) is 0 Å². The third kappa shape index (κ3) is 6.80. The van der Waals surface area contributed by atoms with Crippen LogP contribution in [-0.4, -0.2) is 49.6 Å². The number of alkyl halides is 3. The van der Waals surface area contributed by atoms with E-state index < -0.39 is 17.6 Å². The second-order valence-corrected chi connectivity index (χ2v) is 11.9. The van der Waals surface area contributed by atoms with Crippen LogP contribution in [0.2, 0.25) is 0 Å². The van der Waals surface area contributed by atoms with Crippen molar-refractivity contribution >= 4 is 34.4 Å². The number of hydrogen-bond acceptors (Lipinski definition) is 7. The summed E-state index contributed by atoms with van der Waals surface area (Å²) in [5.74, 6) is -0.585. The lowest BCUT2D eigenvalue weighted by atomic mass is 9.93. The number of halogens is 3. The summed E-state index contributed by atoms with van der Waals surface area (Å²) < 4.78 is 40.4. The van der Waals surface area contributed by atoms with Gasteiger partial charge < -0.3 is 16.0 Å². The Kier molecular flexibility index (Phi) is 8.34. The number of aromatic nitrogens is 4. The van der Waals surface area contributed by atoms with Gasteiger partial charge in [-0.25, -0.2) is 14.6 Å². The number of amides is 2. The number of nitrogens with zero attached hydrogens (tertiary/aromatic N) is 6. The fraction of sp³-hybridized carbons (Fsp3) is 0.312. The number of nitrogen functional groups attached to an aromatic ring is 1. The van der Waals surface area contributed by atoms with Crippen molar-refractivity contribution < 1.29 is 22.8 Å². The molecule has 232 valence electrons. The molecular formula is C32H31F3N8O2. The van der Waals surface area contributed by atoms with Crippen LogP contribution in [0.5, 0.6) is 0 Å².